The fraction of sp³-hybridized carbons (Fsp3) is 0. The molecule has 0 amide bonds. The van der Waals surface area contributed by atoms with Crippen molar-refractivity contribution in [1.82, 2.24) is 0 Å². The molecule has 0 saturated carbocycles. The average Bonchev–Trinajstić information content (AvgIpc) is 0. The van der Waals surface area contributed by atoms with Gasteiger partial charge in [0.2, 0.25) is 0 Å². The molecule has 0 atom stereocenters. The van der Waals surface area contributed by atoms with Gasteiger partial charge in [0.1, 0.15) is 0 Å². The zero-order valence-corrected chi connectivity index (χ0v) is 0. The summed E-state index contributed by atoms with van der Waals surface area (Å²) in [6.07, 6.45) is 0. The van der Waals surface area contributed by atoms with E-state index >= 15 is 0 Å². The maximum atomic E-state index is 0. The summed E-state index contributed by atoms with van der Waals surface area (Å²) in [6, 6.07) is 0. The third-order valence-corrected chi connectivity index (χ3v) is 0. The van der Waals surface area contributed by atoms with Crippen LogP contribution in [0.3, 0.4) is 0 Å². The van der Waals surface area contributed by atoms with Crippen molar-refractivity contribution in [1.29, 1.82) is 0 Å². The van der Waals surface area contributed by atoms with Crippen LogP contribution in [-0.2, 0) is 0 Å². The topological polar surface area (TPSA) is 0 Å². The summed E-state index contributed by atoms with van der Waals surface area (Å²) in [6.45, 7) is 0. The summed E-state index contributed by atoms with van der Waals surface area (Å²) in [5.74, 6) is 0. The second-order valence-electron chi connectivity index (χ2n) is 0. The molecule has 0 spiro atoms. The Morgan fingerprint density at radius 2 is 0.500 bits per heavy atom. The standard InChI is InChI=1S/2Li.2Na.4H. The van der Waals surface area contributed by atoms with Crippen LogP contribution in [0.25, 0.3) is 0 Å². The zero-order valence-electron chi connectivity index (χ0n) is 0. The van der Waals surface area contributed by atoms with E-state index in [1.165, 1.54) is 0 Å². The molecule has 8 valence electrons. The van der Waals surface area contributed by atoms with E-state index in [1.807, 2.05) is 0 Å². The third-order valence-electron chi connectivity index (χ3n) is 0. The normalized spacial score (nSPS) is 0. The van der Waals surface area contributed by atoms with Crippen LogP contribution in [0.15, 0.2) is 0 Å². The number of hydrogen-bond acceptors (Lipinski definition) is 0. The fourth-order valence-corrected chi connectivity index (χ4v) is 0. The SMILES string of the molecule is [LiH].[LiH].[NaH].[NaH]. The quantitative estimate of drug-likeness (QED) is 0.271. The summed E-state index contributed by atoms with van der Waals surface area (Å²) < 4.78 is 0. The Kier molecular flexibility index (Phi) is 111. The molecule has 0 aliphatic carbocycles. The Morgan fingerprint density at radius 3 is 0.500 bits per heavy atom. The molecule has 0 aliphatic heterocycles. The molecule has 0 aromatic carbocycles. The van der Waals surface area contributed by atoms with E-state index in [1.54, 1.807) is 0 Å². The van der Waals surface area contributed by atoms with Crippen LogP contribution >= 0.6 is 0 Å². The predicted octanol–water partition coefficient (Wildman–Crippen LogP) is -2.59. The molecule has 4 heteroatoms. The third kappa shape index (κ3) is 8.96. The Morgan fingerprint density at radius 1 is 0.500 bits per heavy atom. The monoisotopic (exact) mass is 64.0 g/mol. The van der Waals surface area contributed by atoms with Crippen LogP contribution in [0.4, 0.5) is 0 Å². The van der Waals surface area contributed by atoms with E-state index < -0.39 is 0 Å². The molecule has 0 N–H and O–H groups in total. The molecule has 0 aliphatic rings. The van der Waals surface area contributed by atoms with Gasteiger partial charge in [0, 0.05) is 0 Å². The zero-order chi connectivity index (χ0) is 0. The molecule has 0 saturated heterocycles. The van der Waals surface area contributed by atoms with Gasteiger partial charge in [0.15, 0.2) is 0 Å². The predicted molar refractivity (Wildman–Crippen MR) is 28.6 cm³/mol. The van der Waals surface area contributed by atoms with E-state index in [9.17, 15) is 0 Å². The van der Waals surface area contributed by atoms with E-state index in [-0.39, 0.29) is 96.8 Å². The molecule has 0 rings (SSSR count). The Balaban J connectivity index is 0. The molecule has 0 heterocycles. The van der Waals surface area contributed by atoms with Gasteiger partial charge in [-0.05, 0) is 0 Å². The van der Waals surface area contributed by atoms with Gasteiger partial charge in [0.05, 0.1) is 0 Å². The summed E-state index contributed by atoms with van der Waals surface area (Å²) in [4.78, 5) is 0. The summed E-state index contributed by atoms with van der Waals surface area (Å²) in [5.41, 5.74) is 0. The van der Waals surface area contributed by atoms with Crippen molar-refractivity contribution in [3.8, 4) is 0 Å². The average molecular weight is 63.9 g/mol. The second-order valence-corrected chi connectivity index (χ2v) is 0. The molecule has 0 nitrogen and oxygen atoms in total. The van der Waals surface area contributed by atoms with Gasteiger partial charge in [-0.3, -0.25) is 0 Å². The molecular formula is H4Li2Na2. The first kappa shape index (κ1) is 27.1. The van der Waals surface area contributed by atoms with Crippen molar-refractivity contribution in [2.24, 2.45) is 0 Å². The first-order valence-electron chi connectivity index (χ1n) is 0. The van der Waals surface area contributed by atoms with Gasteiger partial charge in [-0.15, -0.1) is 0 Å². The first-order chi connectivity index (χ1) is 0. The molecule has 0 aromatic heterocycles. The molecular weight excluding hydrogens is 59.9 g/mol. The first-order valence-corrected chi connectivity index (χ1v) is 0. The summed E-state index contributed by atoms with van der Waals surface area (Å²) in [5, 5.41) is 0. The maximum absolute atomic E-state index is 0. The second kappa shape index (κ2) is 16.4. The van der Waals surface area contributed by atoms with E-state index in [2.05, 4.69) is 0 Å². The van der Waals surface area contributed by atoms with Gasteiger partial charge in [-0.2, -0.15) is 0 Å². The Bertz CT molecular complexity index is 4.00. The van der Waals surface area contributed by atoms with Gasteiger partial charge >= 0.3 is 96.8 Å². The van der Waals surface area contributed by atoms with Crippen LogP contribution in [0.2, 0.25) is 0 Å². The fourth-order valence-electron chi connectivity index (χ4n) is 0. The minimum atomic E-state index is 0. The van der Waals surface area contributed by atoms with Crippen molar-refractivity contribution in [2.75, 3.05) is 0 Å². The Labute approximate surface area is 94.8 Å². The molecule has 0 bridgehead atoms. The summed E-state index contributed by atoms with van der Waals surface area (Å²) >= 11 is 0. The van der Waals surface area contributed by atoms with Crippen LogP contribution in [0.1, 0.15) is 0 Å². The molecule has 0 fully saturated rings. The van der Waals surface area contributed by atoms with Crippen molar-refractivity contribution >= 4 is 96.8 Å². The van der Waals surface area contributed by atoms with Crippen LogP contribution in [0, 0.1) is 0 Å². The number of rotatable bonds is 0. The van der Waals surface area contributed by atoms with Gasteiger partial charge < -0.3 is 0 Å². The van der Waals surface area contributed by atoms with Crippen LogP contribution < -0.4 is 0 Å². The molecule has 0 aromatic rings. The van der Waals surface area contributed by atoms with Crippen molar-refractivity contribution in [3.05, 3.63) is 0 Å². The van der Waals surface area contributed by atoms with Gasteiger partial charge in [-0.25, -0.2) is 0 Å². The van der Waals surface area contributed by atoms with Crippen molar-refractivity contribution < 1.29 is 0 Å². The van der Waals surface area contributed by atoms with E-state index in [0.29, 0.717) is 0 Å². The van der Waals surface area contributed by atoms with E-state index in [0.717, 1.165) is 0 Å². The summed E-state index contributed by atoms with van der Waals surface area (Å²) in [7, 11) is 0. The van der Waals surface area contributed by atoms with Crippen LogP contribution in [0.5, 0.6) is 0 Å². The van der Waals surface area contributed by atoms with Gasteiger partial charge in [0.25, 0.3) is 0 Å². The number of hydrogen-bond donors (Lipinski definition) is 0. The molecule has 4 heavy (non-hydrogen) atoms. The van der Waals surface area contributed by atoms with Crippen molar-refractivity contribution in [2.45, 2.75) is 0 Å². The van der Waals surface area contributed by atoms with Crippen LogP contribution in [-0.4, -0.2) is 96.8 Å². The minimum absolute atomic E-state index is 0. The van der Waals surface area contributed by atoms with Gasteiger partial charge in [-0.1, -0.05) is 0 Å². The molecule has 0 radical (unpaired) electrons. The Hall–Kier alpha value is 3.19. The molecule has 0 unspecified atom stereocenters. The van der Waals surface area contributed by atoms with Crippen molar-refractivity contribution in [3.63, 3.8) is 0 Å². The van der Waals surface area contributed by atoms with E-state index in [4.69, 9.17) is 0 Å².